The third-order valence-electron chi connectivity index (χ3n) is 5.19. The van der Waals surface area contributed by atoms with Crippen molar-refractivity contribution in [1.82, 2.24) is 9.88 Å². The summed E-state index contributed by atoms with van der Waals surface area (Å²) < 4.78 is 19.4. The van der Waals surface area contributed by atoms with E-state index < -0.39 is 17.8 Å². The molecule has 0 saturated carbocycles. The summed E-state index contributed by atoms with van der Waals surface area (Å²) in [4.78, 5) is 32.3. The van der Waals surface area contributed by atoms with Crippen LogP contribution in [0.25, 0.3) is 11.0 Å². The fourth-order valence-electron chi connectivity index (χ4n) is 3.84. The van der Waals surface area contributed by atoms with Crippen LogP contribution in [0.4, 0.5) is 4.39 Å². The van der Waals surface area contributed by atoms with Crippen molar-refractivity contribution in [2.75, 3.05) is 0 Å². The van der Waals surface area contributed by atoms with Crippen LogP contribution >= 0.6 is 11.6 Å². The average Bonchev–Trinajstić information content (AvgIpc) is 3.02. The molecule has 1 aliphatic heterocycles. The van der Waals surface area contributed by atoms with Gasteiger partial charge in [-0.1, -0.05) is 29.8 Å². The van der Waals surface area contributed by atoms with Crippen molar-refractivity contribution in [3.63, 3.8) is 0 Å². The minimum Gasteiger partial charge on any atom is -0.450 e. The number of nitrogens with zero attached hydrogens (tertiary/aromatic N) is 2. The Morgan fingerprint density at radius 3 is 2.63 bits per heavy atom. The molecule has 2 aromatic carbocycles. The standard InChI is InChI=1S/C23H14ClFN2O3/c24-15-5-8-18-17(10-15)21(28)19-20(14-3-6-16(25)7-4-14)27(23(29)22(19)30-18)12-13-2-1-9-26-11-13/h1-11,20H,12H2. The van der Waals surface area contributed by atoms with Crippen LogP contribution in [0.1, 0.15) is 33.3 Å². The molecule has 1 unspecified atom stereocenters. The van der Waals surface area contributed by atoms with Crippen molar-refractivity contribution in [3.05, 3.63) is 111 Å². The van der Waals surface area contributed by atoms with Crippen molar-refractivity contribution in [2.45, 2.75) is 12.6 Å². The first-order chi connectivity index (χ1) is 14.5. The minimum atomic E-state index is -0.715. The van der Waals surface area contributed by atoms with Gasteiger partial charge in [0.05, 0.1) is 17.0 Å². The number of benzene rings is 2. The molecular weight excluding hydrogens is 407 g/mol. The minimum absolute atomic E-state index is 0.00645. The summed E-state index contributed by atoms with van der Waals surface area (Å²) in [5.41, 5.74) is 1.60. The Labute approximate surface area is 175 Å². The van der Waals surface area contributed by atoms with E-state index in [-0.39, 0.29) is 28.9 Å². The maximum Gasteiger partial charge on any atom is 0.291 e. The van der Waals surface area contributed by atoms with Crippen molar-refractivity contribution >= 4 is 28.5 Å². The zero-order chi connectivity index (χ0) is 20.8. The quantitative estimate of drug-likeness (QED) is 0.481. The van der Waals surface area contributed by atoms with E-state index in [0.717, 1.165) is 5.56 Å². The summed E-state index contributed by atoms with van der Waals surface area (Å²) in [5, 5.41) is 0.689. The lowest BCUT2D eigenvalue weighted by Gasteiger charge is -2.25. The highest BCUT2D eigenvalue weighted by molar-refractivity contribution is 6.31. The lowest BCUT2D eigenvalue weighted by atomic mass is 9.98. The molecule has 1 amide bonds. The van der Waals surface area contributed by atoms with Crippen LogP contribution in [0.2, 0.25) is 5.02 Å². The van der Waals surface area contributed by atoms with Crippen LogP contribution in [-0.2, 0) is 6.54 Å². The van der Waals surface area contributed by atoms with Crippen LogP contribution in [0, 0.1) is 5.82 Å². The van der Waals surface area contributed by atoms with Gasteiger partial charge in [-0.15, -0.1) is 0 Å². The SMILES string of the molecule is O=C1c2oc3ccc(Cl)cc3c(=O)c2C(c2ccc(F)cc2)N1Cc1cccnc1. The maximum absolute atomic E-state index is 13.5. The number of aromatic nitrogens is 1. The first-order valence-corrected chi connectivity index (χ1v) is 9.62. The van der Waals surface area contributed by atoms with Gasteiger partial charge in [0.15, 0.2) is 5.43 Å². The molecule has 0 saturated heterocycles. The number of rotatable bonds is 3. The van der Waals surface area contributed by atoms with Crippen molar-refractivity contribution < 1.29 is 13.6 Å². The summed E-state index contributed by atoms with van der Waals surface area (Å²) in [6, 6.07) is 13.4. The molecule has 2 aromatic heterocycles. The summed E-state index contributed by atoms with van der Waals surface area (Å²) in [7, 11) is 0. The van der Waals surface area contributed by atoms with E-state index in [1.807, 2.05) is 6.07 Å². The summed E-state index contributed by atoms with van der Waals surface area (Å²) in [6.07, 6.45) is 3.30. The highest BCUT2D eigenvalue weighted by Crippen LogP contribution is 2.39. The predicted molar refractivity (Wildman–Crippen MR) is 110 cm³/mol. The zero-order valence-corrected chi connectivity index (χ0v) is 16.3. The number of amides is 1. The van der Waals surface area contributed by atoms with Gasteiger partial charge in [0.25, 0.3) is 5.91 Å². The smallest absolute Gasteiger partial charge is 0.291 e. The fourth-order valence-corrected chi connectivity index (χ4v) is 4.01. The Morgan fingerprint density at radius 1 is 1.10 bits per heavy atom. The monoisotopic (exact) mass is 420 g/mol. The predicted octanol–water partition coefficient (Wildman–Crippen LogP) is 4.73. The largest absolute Gasteiger partial charge is 0.450 e. The number of hydrogen-bond acceptors (Lipinski definition) is 4. The van der Waals surface area contributed by atoms with E-state index in [0.29, 0.717) is 16.0 Å². The number of pyridine rings is 1. The molecular formula is C23H14ClFN2O3. The zero-order valence-electron chi connectivity index (χ0n) is 15.5. The van der Waals surface area contributed by atoms with Gasteiger partial charge < -0.3 is 9.32 Å². The Hall–Kier alpha value is -3.51. The number of carbonyl (C=O) groups is 1. The summed E-state index contributed by atoms with van der Waals surface area (Å²) in [5.74, 6) is -0.815. The van der Waals surface area contributed by atoms with Gasteiger partial charge in [-0.3, -0.25) is 14.6 Å². The lowest BCUT2D eigenvalue weighted by Crippen LogP contribution is -2.29. The molecule has 5 rings (SSSR count). The maximum atomic E-state index is 13.5. The molecule has 5 nitrogen and oxygen atoms in total. The van der Waals surface area contributed by atoms with Gasteiger partial charge in [-0.05, 0) is 47.5 Å². The van der Waals surface area contributed by atoms with Crippen molar-refractivity contribution in [1.29, 1.82) is 0 Å². The normalized spacial score (nSPS) is 15.6. The lowest BCUT2D eigenvalue weighted by molar-refractivity contribution is 0.0714. The first-order valence-electron chi connectivity index (χ1n) is 9.24. The molecule has 148 valence electrons. The Kier molecular flexibility index (Phi) is 4.37. The molecule has 7 heteroatoms. The van der Waals surface area contributed by atoms with Gasteiger partial charge in [0.1, 0.15) is 11.4 Å². The highest BCUT2D eigenvalue weighted by atomic mass is 35.5. The summed E-state index contributed by atoms with van der Waals surface area (Å²) >= 11 is 6.07. The Morgan fingerprint density at radius 2 is 1.90 bits per heavy atom. The first kappa shape index (κ1) is 18.5. The molecule has 0 spiro atoms. The molecule has 0 bridgehead atoms. The summed E-state index contributed by atoms with van der Waals surface area (Å²) in [6.45, 7) is 0.218. The Balaban J connectivity index is 1.74. The number of hydrogen-bond donors (Lipinski definition) is 0. The van der Waals surface area contributed by atoms with E-state index in [1.54, 1.807) is 47.6 Å². The van der Waals surface area contributed by atoms with Gasteiger partial charge >= 0.3 is 0 Å². The topological polar surface area (TPSA) is 63.4 Å². The fraction of sp³-hybridized carbons (Fsp3) is 0.0870. The molecule has 0 N–H and O–H groups in total. The van der Waals surface area contributed by atoms with E-state index in [4.69, 9.17) is 16.0 Å². The number of halogens is 2. The molecule has 4 aromatic rings. The van der Waals surface area contributed by atoms with Crippen LogP contribution in [-0.4, -0.2) is 15.8 Å². The van der Waals surface area contributed by atoms with Crippen LogP contribution in [0.5, 0.6) is 0 Å². The van der Waals surface area contributed by atoms with Gasteiger partial charge in [-0.2, -0.15) is 0 Å². The molecule has 3 heterocycles. The molecule has 1 aliphatic rings. The van der Waals surface area contributed by atoms with E-state index in [9.17, 15) is 14.0 Å². The van der Waals surface area contributed by atoms with Gasteiger partial charge in [0, 0.05) is 24.0 Å². The molecule has 0 radical (unpaired) electrons. The Bertz CT molecular complexity index is 1340. The van der Waals surface area contributed by atoms with E-state index in [2.05, 4.69) is 4.98 Å². The van der Waals surface area contributed by atoms with Crippen LogP contribution < -0.4 is 5.43 Å². The van der Waals surface area contributed by atoms with Gasteiger partial charge in [-0.25, -0.2) is 4.39 Å². The van der Waals surface area contributed by atoms with Crippen molar-refractivity contribution in [2.24, 2.45) is 0 Å². The molecule has 30 heavy (non-hydrogen) atoms. The molecule has 0 aliphatic carbocycles. The van der Waals surface area contributed by atoms with E-state index >= 15 is 0 Å². The number of fused-ring (bicyclic) bond motifs is 2. The second kappa shape index (κ2) is 7.07. The van der Waals surface area contributed by atoms with Gasteiger partial charge in [0.2, 0.25) is 5.76 Å². The second-order valence-corrected chi connectivity index (χ2v) is 7.50. The molecule has 0 fully saturated rings. The third-order valence-corrected chi connectivity index (χ3v) is 5.42. The molecule has 1 atom stereocenters. The average molecular weight is 421 g/mol. The van der Waals surface area contributed by atoms with E-state index in [1.165, 1.54) is 18.2 Å². The third kappa shape index (κ3) is 2.97. The van der Waals surface area contributed by atoms with Crippen LogP contribution in [0.15, 0.2) is 76.2 Å². The highest BCUT2D eigenvalue weighted by Gasteiger charge is 2.42. The van der Waals surface area contributed by atoms with Crippen LogP contribution in [0.3, 0.4) is 0 Å². The number of carbonyl (C=O) groups excluding carboxylic acids is 1. The van der Waals surface area contributed by atoms with Crippen molar-refractivity contribution in [3.8, 4) is 0 Å². The second-order valence-electron chi connectivity index (χ2n) is 7.06.